The second-order valence-corrected chi connectivity index (χ2v) is 10.0. The Morgan fingerprint density at radius 2 is 1.71 bits per heavy atom. The van der Waals surface area contributed by atoms with Crippen LogP contribution in [0.15, 0.2) is 24.3 Å². The van der Waals surface area contributed by atoms with Crippen LogP contribution in [0.4, 0.5) is 0 Å². The summed E-state index contributed by atoms with van der Waals surface area (Å²) in [5.41, 5.74) is 1.77. The predicted octanol–water partition coefficient (Wildman–Crippen LogP) is 3.90. The highest BCUT2D eigenvalue weighted by atomic mass is 16.5. The number of aromatic nitrogens is 2. The van der Waals surface area contributed by atoms with Crippen molar-refractivity contribution in [2.45, 2.75) is 70.9 Å². The lowest BCUT2D eigenvalue weighted by Gasteiger charge is -2.19. The van der Waals surface area contributed by atoms with Gasteiger partial charge in [0.25, 0.3) is 5.91 Å². The zero-order valence-electron chi connectivity index (χ0n) is 23.0. The van der Waals surface area contributed by atoms with E-state index in [0.717, 1.165) is 43.4 Å². The average molecular weight is 529 g/mol. The molecule has 10 heteroatoms. The number of nitrogens with one attached hydrogen (secondary N) is 2. The van der Waals surface area contributed by atoms with Crippen molar-refractivity contribution >= 4 is 17.8 Å². The van der Waals surface area contributed by atoms with E-state index in [1.165, 1.54) is 7.11 Å². The van der Waals surface area contributed by atoms with Gasteiger partial charge in [-0.3, -0.25) is 19.1 Å². The summed E-state index contributed by atoms with van der Waals surface area (Å²) in [7, 11) is 4.47. The molecule has 38 heavy (non-hydrogen) atoms. The van der Waals surface area contributed by atoms with Crippen molar-refractivity contribution in [3.63, 3.8) is 0 Å². The van der Waals surface area contributed by atoms with Crippen molar-refractivity contribution in [3.05, 3.63) is 30.0 Å². The second-order valence-electron chi connectivity index (χ2n) is 10.0. The Labute approximate surface area is 224 Å². The maximum atomic E-state index is 13.5. The van der Waals surface area contributed by atoms with Gasteiger partial charge < -0.3 is 24.8 Å². The highest BCUT2D eigenvalue weighted by Gasteiger charge is 2.28. The van der Waals surface area contributed by atoms with Crippen LogP contribution in [0.2, 0.25) is 0 Å². The van der Waals surface area contributed by atoms with Crippen molar-refractivity contribution in [2.24, 2.45) is 5.92 Å². The molecule has 1 atom stereocenters. The summed E-state index contributed by atoms with van der Waals surface area (Å²) in [4.78, 5) is 37.3. The Kier molecular flexibility index (Phi) is 10.6. The second kappa shape index (κ2) is 13.8. The van der Waals surface area contributed by atoms with Gasteiger partial charge in [0.2, 0.25) is 5.91 Å². The summed E-state index contributed by atoms with van der Waals surface area (Å²) in [5.74, 6) is 0.448. The molecule has 2 amide bonds. The molecule has 0 radical (unpaired) electrons. The first-order chi connectivity index (χ1) is 18.3. The van der Waals surface area contributed by atoms with Gasteiger partial charge in [0.15, 0.2) is 5.69 Å². The lowest BCUT2D eigenvalue weighted by molar-refractivity contribution is -0.141. The molecule has 3 rings (SSSR count). The normalized spacial score (nSPS) is 14.3. The molecular formula is C28H40N4O6. The van der Waals surface area contributed by atoms with E-state index in [2.05, 4.69) is 29.2 Å². The Morgan fingerprint density at radius 1 is 1.05 bits per heavy atom. The van der Waals surface area contributed by atoms with Gasteiger partial charge in [-0.05, 0) is 49.8 Å². The predicted molar refractivity (Wildman–Crippen MR) is 143 cm³/mol. The van der Waals surface area contributed by atoms with Gasteiger partial charge in [0.1, 0.15) is 18.0 Å². The first-order valence-electron chi connectivity index (χ1n) is 13.2. The van der Waals surface area contributed by atoms with Crippen LogP contribution in [-0.4, -0.2) is 61.5 Å². The zero-order chi connectivity index (χ0) is 27.7. The Balaban J connectivity index is 1.89. The number of carbonyl (C=O) groups is 3. The molecule has 0 unspecified atom stereocenters. The number of amides is 2. The fraction of sp³-hybridized carbons (Fsp3) is 0.571. The average Bonchev–Trinajstić information content (AvgIpc) is 3.60. The van der Waals surface area contributed by atoms with Crippen LogP contribution in [0.1, 0.15) is 75.3 Å². The van der Waals surface area contributed by atoms with E-state index in [4.69, 9.17) is 14.6 Å². The first kappa shape index (κ1) is 29.0. The Hall–Kier alpha value is -3.56. The van der Waals surface area contributed by atoms with Crippen molar-refractivity contribution in [1.29, 1.82) is 0 Å². The fourth-order valence-electron chi connectivity index (χ4n) is 4.78. The molecule has 0 bridgehead atoms. The minimum absolute atomic E-state index is 0.0476. The largest absolute Gasteiger partial charge is 0.496 e. The van der Waals surface area contributed by atoms with E-state index in [1.54, 1.807) is 20.3 Å². The van der Waals surface area contributed by atoms with Gasteiger partial charge in [-0.1, -0.05) is 32.8 Å². The van der Waals surface area contributed by atoms with Gasteiger partial charge in [0, 0.05) is 12.5 Å². The minimum Gasteiger partial charge on any atom is -0.496 e. The summed E-state index contributed by atoms with van der Waals surface area (Å²) in [5, 5.41) is 10.3. The van der Waals surface area contributed by atoms with Crippen molar-refractivity contribution in [3.8, 4) is 22.8 Å². The summed E-state index contributed by atoms with van der Waals surface area (Å²) in [6, 6.07) is 7.10. The molecule has 10 nitrogen and oxygen atoms in total. The van der Waals surface area contributed by atoms with E-state index in [-0.39, 0.29) is 36.5 Å². The highest BCUT2D eigenvalue weighted by molar-refractivity contribution is 5.94. The van der Waals surface area contributed by atoms with E-state index < -0.39 is 12.0 Å². The quantitative estimate of drug-likeness (QED) is 0.378. The number of nitrogens with zero attached hydrogens (tertiary/aromatic N) is 2. The molecule has 0 spiro atoms. The smallest absolute Gasteiger partial charge is 0.325 e. The molecular weight excluding hydrogens is 488 g/mol. The number of benzene rings is 1. The van der Waals surface area contributed by atoms with Crippen LogP contribution < -0.4 is 20.1 Å². The third kappa shape index (κ3) is 7.49. The maximum absolute atomic E-state index is 13.5. The lowest BCUT2D eigenvalue weighted by atomic mass is 10.0. The zero-order valence-corrected chi connectivity index (χ0v) is 23.0. The van der Waals surface area contributed by atoms with Gasteiger partial charge in [-0.25, -0.2) is 0 Å². The van der Waals surface area contributed by atoms with Crippen molar-refractivity contribution in [2.75, 3.05) is 27.9 Å². The lowest BCUT2D eigenvalue weighted by Crippen LogP contribution is -2.40. The first-order valence-corrected chi connectivity index (χ1v) is 13.2. The molecule has 2 aromatic rings. The van der Waals surface area contributed by atoms with Crippen LogP contribution in [0.5, 0.6) is 11.5 Å². The summed E-state index contributed by atoms with van der Waals surface area (Å²) in [6.45, 7) is 3.97. The Morgan fingerprint density at radius 3 is 2.29 bits per heavy atom. The molecule has 1 aromatic heterocycles. The highest BCUT2D eigenvalue weighted by Crippen LogP contribution is 2.41. The van der Waals surface area contributed by atoms with E-state index in [9.17, 15) is 14.4 Å². The van der Waals surface area contributed by atoms with Crippen molar-refractivity contribution in [1.82, 2.24) is 20.4 Å². The molecule has 2 N–H and O–H groups in total. The van der Waals surface area contributed by atoms with Crippen LogP contribution in [0.3, 0.4) is 0 Å². The molecule has 1 aromatic carbocycles. The summed E-state index contributed by atoms with van der Waals surface area (Å²) < 4.78 is 17.8. The number of carbonyl (C=O) groups excluding carboxylic acids is 3. The molecule has 0 saturated heterocycles. The maximum Gasteiger partial charge on any atom is 0.325 e. The summed E-state index contributed by atoms with van der Waals surface area (Å²) >= 11 is 0. The van der Waals surface area contributed by atoms with E-state index in [1.807, 2.05) is 22.9 Å². The summed E-state index contributed by atoms with van der Waals surface area (Å²) in [6.07, 6.45) is 5.65. The van der Waals surface area contributed by atoms with Crippen LogP contribution >= 0.6 is 0 Å². The number of hydrogen-bond donors (Lipinski definition) is 2. The number of methoxy groups -OCH3 is 3. The van der Waals surface area contributed by atoms with E-state index >= 15 is 0 Å². The van der Waals surface area contributed by atoms with E-state index in [0.29, 0.717) is 23.8 Å². The van der Waals surface area contributed by atoms with Gasteiger partial charge >= 0.3 is 5.97 Å². The number of esters is 1. The SMILES string of the molecule is COC(=O)CNC(=O)C[C@H](CCC(C)C)NC(=O)c1cc(-c2c(OC)cccc2OC)n(C2CCCC2)n1. The number of hydrogen-bond acceptors (Lipinski definition) is 7. The fourth-order valence-corrected chi connectivity index (χ4v) is 4.78. The topological polar surface area (TPSA) is 121 Å². The molecule has 1 saturated carbocycles. The van der Waals surface area contributed by atoms with Crippen LogP contribution in [0.25, 0.3) is 11.3 Å². The van der Waals surface area contributed by atoms with Gasteiger partial charge in [-0.2, -0.15) is 5.10 Å². The standard InChI is InChI=1S/C28H40N4O6/c1-18(2)13-14-19(15-25(33)29-17-26(34)38-5)30-28(35)21-16-22(32(31-21)20-9-6-7-10-20)27-23(36-3)11-8-12-24(27)37-4/h8,11-12,16,18-20H,6-7,9-10,13-15,17H2,1-5H3,(H,29,33)(H,30,35)/t19-/m0/s1. The molecule has 1 aliphatic rings. The molecule has 0 aliphatic heterocycles. The monoisotopic (exact) mass is 528 g/mol. The van der Waals surface area contributed by atoms with Gasteiger partial charge in [-0.15, -0.1) is 0 Å². The third-order valence-electron chi connectivity index (χ3n) is 6.84. The minimum atomic E-state index is -0.530. The van der Waals surface area contributed by atoms with Crippen LogP contribution in [0, 0.1) is 5.92 Å². The Bertz CT molecular complexity index is 1080. The van der Waals surface area contributed by atoms with Crippen molar-refractivity contribution < 1.29 is 28.6 Å². The molecule has 208 valence electrons. The molecule has 1 aliphatic carbocycles. The third-order valence-corrected chi connectivity index (χ3v) is 6.84. The molecule has 1 heterocycles. The van der Waals surface area contributed by atoms with Crippen LogP contribution in [-0.2, 0) is 14.3 Å². The van der Waals surface area contributed by atoms with Gasteiger partial charge in [0.05, 0.1) is 38.6 Å². The molecule has 1 fully saturated rings. The number of ether oxygens (including phenoxy) is 3. The number of rotatable bonds is 13.